The molecule has 2 rings (SSSR count). The number of benzene rings is 1. The summed E-state index contributed by atoms with van der Waals surface area (Å²) < 4.78 is 47.6. The summed E-state index contributed by atoms with van der Waals surface area (Å²) in [7, 11) is 1.24. The lowest BCUT2D eigenvalue weighted by molar-refractivity contribution is -0.152. The van der Waals surface area contributed by atoms with E-state index in [0.29, 0.717) is 11.6 Å². The fourth-order valence-electron chi connectivity index (χ4n) is 1.87. The van der Waals surface area contributed by atoms with Crippen LogP contribution in [0.1, 0.15) is 16.9 Å². The zero-order valence-electron chi connectivity index (χ0n) is 10.5. The number of aryl methyl sites for hydroxylation is 1. The molecule has 0 atom stereocenters. The molecule has 2 aromatic rings. The van der Waals surface area contributed by atoms with Crippen LogP contribution in [-0.4, -0.2) is 7.11 Å². The van der Waals surface area contributed by atoms with Gasteiger partial charge >= 0.3 is 6.18 Å². The first kappa shape index (κ1) is 13.9. The summed E-state index contributed by atoms with van der Waals surface area (Å²) in [5.74, 6) is -1.46. The second-order valence-corrected chi connectivity index (χ2v) is 4.06. The largest absolute Gasteiger partial charge is 0.493 e. The summed E-state index contributed by atoms with van der Waals surface area (Å²) >= 11 is 0. The van der Waals surface area contributed by atoms with Crippen LogP contribution in [0.3, 0.4) is 0 Å². The maximum atomic E-state index is 12.7. The molecule has 4 nitrogen and oxygen atoms in total. The van der Waals surface area contributed by atoms with Crippen molar-refractivity contribution in [3.05, 3.63) is 39.2 Å². The first-order valence-electron chi connectivity index (χ1n) is 5.42. The molecule has 0 spiro atoms. The van der Waals surface area contributed by atoms with Gasteiger partial charge in [-0.15, -0.1) is 0 Å². The SMILES string of the molecule is COc1cc(C)c(C#N)c2c(=O)cc(C(F)(F)F)oc12. The maximum absolute atomic E-state index is 12.7. The predicted octanol–water partition coefficient (Wildman–Crippen LogP) is 3.00. The number of ether oxygens (including phenoxy) is 1. The lowest BCUT2D eigenvalue weighted by atomic mass is 10.0. The normalized spacial score (nSPS) is 11.4. The fourth-order valence-corrected chi connectivity index (χ4v) is 1.87. The minimum absolute atomic E-state index is 0.0247. The van der Waals surface area contributed by atoms with Gasteiger partial charge in [-0.05, 0) is 18.6 Å². The Morgan fingerprint density at radius 3 is 2.50 bits per heavy atom. The Morgan fingerprint density at radius 2 is 2.00 bits per heavy atom. The summed E-state index contributed by atoms with van der Waals surface area (Å²) in [5, 5.41) is 8.83. The average Bonchev–Trinajstić information content (AvgIpc) is 2.37. The highest BCUT2D eigenvalue weighted by Gasteiger charge is 2.35. The van der Waals surface area contributed by atoms with Gasteiger partial charge in [0.05, 0.1) is 18.1 Å². The number of methoxy groups -OCH3 is 1. The van der Waals surface area contributed by atoms with Crippen LogP contribution in [0.4, 0.5) is 13.2 Å². The van der Waals surface area contributed by atoms with Gasteiger partial charge in [-0.2, -0.15) is 18.4 Å². The summed E-state index contributed by atoms with van der Waals surface area (Å²) in [4.78, 5) is 11.9. The number of nitriles is 1. The third kappa shape index (κ3) is 2.09. The fraction of sp³-hybridized carbons (Fsp3) is 0.231. The molecule has 1 aromatic heterocycles. The van der Waals surface area contributed by atoms with Gasteiger partial charge in [0.25, 0.3) is 0 Å². The predicted molar refractivity (Wildman–Crippen MR) is 63.5 cm³/mol. The average molecular weight is 283 g/mol. The third-order valence-corrected chi connectivity index (χ3v) is 2.77. The van der Waals surface area contributed by atoms with Crippen molar-refractivity contribution < 1.29 is 22.3 Å². The van der Waals surface area contributed by atoms with Crippen LogP contribution in [0.25, 0.3) is 11.0 Å². The van der Waals surface area contributed by atoms with Crippen molar-refractivity contribution in [2.24, 2.45) is 0 Å². The molecule has 0 aliphatic carbocycles. The van der Waals surface area contributed by atoms with Crippen LogP contribution in [0.2, 0.25) is 0 Å². The quantitative estimate of drug-likeness (QED) is 0.807. The molecule has 1 aromatic carbocycles. The topological polar surface area (TPSA) is 63.2 Å². The highest BCUT2D eigenvalue weighted by molar-refractivity contribution is 5.89. The van der Waals surface area contributed by atoms with Crippen molar-refractivity contribution in [1.29, 1.82) is 5.26 Å². The zero-order valence-corrected chi connectivity index (χ0v) is 10.5. The Bertz CT molecular complexity index is 785. The minimum atomic E-state index is -4.80. The molecule has 0 fully saturated rings. The van der Waals surface area contributed by atoms with Crippen molar-refractivity contribution in [2.45, 2.75) is 13.1 Å². The highest BCUT2D eigenvalue weighted by atomic mass is 19.4. The van der Waals surface area contributed by atoms with Gasteiger partial charge in [0.2, 0.25) is 5.76 Å². The molecule has 0 saturated heterocycles. The van der Waals surface area contributed by atoms with Gasteiger partial charge in [-0.3, -0.25) is 4.79 Å². The summed E-state index contributed by atoms with van der Waals surface area (Å²) in [5.41, 5.74) is -0.918. The Balaban J connectivity index is 3.02. The van der Waals surface area contributed by atoms with Crippen LogP contribution in [0.15, 0.2) is 21.3 Å². The molecule has 0 unspecified atom stereocenters. The van der Waals surface area contributed by atoms with Gasteiger partial charge in [0.15, 0.2) is 16.8 Å². The highest BCUT2D eigenvalue weighted by Crippen LogP contribution is 2.34. The first-order valence-corrected chi connectivity index (χ1v) is 5.42. The van der Waals surface area contributed by atoms with Crippen molar-refractivity contribution in [2.75, 3.05) is 7.11 Å². The van der Waals surface area contributed by atoms with Crippen LogP contribution >= 0.6 is 0 Å². The molecule has 104 valence electrons. The van der Waals surface area contributed by atoms with Crippen LogP contribution in [0, 0.1) is 18.3 Å². The van der Waals surface area contributed by atoms with E-state index in [0.717, 1.165) is 0 Å². The molecule has 1 heterocycles. The van der Waals surface area contributed by atoms with E-state index in [1.807, 2.05) is 0 Å². The monoisotopic (exact) mass is 283 g/mol. The van der Waals surface area contributed by atoms with Crippen molar-refractivity contribution in [3.8, 4) is 11.8 Å². The first-order chi connectivity index (χ1) is 9.29. The second kappa shape index (κ2) is 4.56. The molecule has 0 bridgehead atoms. The number of nitrogens with zero attached hydrogens (tertiary/aromatic N) is 1. The van der Waals surface area contributed by atoms with Crippen molar-refractivity contribution in [3.63, 3.8) is 0 Å². The summed E-state index contributed by atoms with van der Waals surface area (Å²) in [6, 6.07) is 3.48. The van der Waals surface area contributed by atoms with Crippen LogP contribution < -0.4 is 10.2 Å². The van der Waals surface area contributed by atoms with Gasteiger partial charge in [-0.25, -0.2) is 0 Å². The number of hydrogen-bond donors (Lipinski definition) is 0. The zero-order chi connectivity index (χ0) is 15.1. The smallest absolute Gasteiger partial charge is 0.449 e. The maximum Gasteiger partial charge on any atom is 0.449 e. The van der Waals surface area contributed by atoms with Crippen LogP contribution in [0.5, 0.6) is 5.75 Å². The Labute approximate surface area is 111 Å². The molecule has 7 heteroatoms. The summed E-state index contributed by atoms with van der Waals surface area (Å²) in [6.45, 7) is 1.55. The van der Waals surface area contributed by atoms with E-state index < -0.39 is 17.4 Å². The van der Waals surface area contributed by atoms with Crippen LogP contribution in [-0.2, 0) is 6.18 Å². The molecule has 0 saturated carbocycles. The molecule has 20 heavy (non-hydrogen) atoms. The number of halogens is 3. The minimum Gasteiger partial charge on any atom is -0.493 e. The number of alkyl halides is 3. The Kier molecular flexibility index (Phi) is 3.18. The molecule has 0 aliphatic rings. The van der Waals surface area contributed by atoms with E-state index in [1.165, 1.54) is 13.2 Å². The molecular weight excluding hydrogens is 275 g/mol. The molecular formula is C13H8F3NO3. The van der Waals surface area contributed by atoms with E-state index in [2.05, 4.69) is 0 Å². The number of fused-ring (bicyclic) bond motifs is 1. The summed E-state index contributed by atoms with van der Waals surface area (Å²) in [6.07, 6.45) is -4.80. The third-order valence-electron chi connectivity index (χ3n) is 2.77. The molecule has 0 aliphatic heterocycles. The van der Waals surface area contributed by atoms with Crippen molar-refractivity contribution in [1.82, 2.24) is 0 Å². The second-order valence-electron chi connectivity index (χ2n) is 4.06. The van der Waals surface area contributed by atoms with Gasteiger partial charge in [-0.1, -0.05) is 0 Å². The van der Waals surface area contributed by atoms with Gasteiger partial charge in [0.1, 0.15) is 6.07 Å². The lowest BCUT2D eigenvalue weighted by Gasteiger charge is -2.11. The van der Waals surface area contributed by atoms with E-state index >= 15 is 0 Å². The molecule has 0 radical (unpaired) electrons. The van der Waals surface area contributed by atoms with E-state index in [1.54, 1.807) is 13.0 Å². The lowest BCUT2D eigenvalue weighted by Crippen LogP contribution is -2.12. The standard InChI is InChI=1S/C13H8F3NO3/c1-6-3-9(19-2)12-11(7(6)5-17)8(18)4-10(20-12)13(14,15)16/h3-4H,1-2H3. The van der Waals surface area contributed by atoms with Crippen molar-refractivity contribution >= 4 is 11.0 Å². The van der Waals surface area contributed by atoms with E-state index in [-0.39, 0.29) is 22.3 Å². The Morgan fingerprint density at radius 1 is 1.35 bits per heavy atom. The Hall–Kier alpha value is -2.49. The molecule has 0 N–H and O–H groups in total. The number of rotatable bonds is 1. The molecule has 0 amide bonds. The van der Waals surface area contributed by atoms with E-state index in [4.69, 9.17) is 14.4 Å². The van der Waals surface area contributed by atoms with E-state index in [9.17, 15) is 18.0 Å². The van der Waals surface area contributed by atoms with Gasteiger partial charge in [0, 0.05) is 6.07 Å². The number of hydrogen-bond acceptors (Lipinski definition) is 4. The van der Waals surface area contributed by atoms with Gasteiger partial charge < -0.3 is 9.15 Å².